The van der Waals surface area contributed by atoms with Crippen LogP contribution in [-0.4, -0.2) is 49.3 Å². The Balaban J connectivity index is 3.82. The first-order valence-corrected chi connectivity index (χ1v) is 37.9. The normalized spacial score (nSPS) is 13.3. The van der Waals surface area contributed by atoms with Crippen molar-refractivity contribution < 1.29 is 37.6 Å². The number of hydrogen-bond donors (Lipinski definition) is 2. The third-order valence-corrected chi connectivity index (χ3v) is 17.1. The molecule has 0 saturated heterocycles. The molecule has 0 amide bonds. The van der Waals surface area contributed by atoms with Gasteiger partial charge in [-0.1, -0.05) is 337 Å². The van der Waals surface area contributed by atoms with Gasteiger partial charge in [0.25, 0.3) is 0 Å². The monoisotopic (exact) mass is 1210 g/mol. The van der Waals surface area contributed by atoms with Crippen LogP contribution < -0.4 is 5.73 Å². The molecule has 2 unspecified atom stereocenters. The van der Waals surface area contributed by atoms with Crippen molar-refractivity contribution in [3.63, 3.8) is 0 Å². The molecule has 0 aromatic rings. The van der Waals surface area contributed by atoms with Crippen LogP contribution in [0.4, 0.5) is 0 Å². The van der Waals surface area contributed by atoms with Crippen LogP contribution in [0.15, 0.2) is 72.9 Å². The van der Waals surface area contributed by atoms with E-state index >= 15 is 0 Å². The number of rotatable bonds is 69. The van der Waals surface area contributed by atoms with E-state index in [1.54, 1.807) is 0 Å². The second-order valence-corrected chi connectivity index (χ2v) is 25.9. The number of esters is 2. The highest BCUT2D eigenvalue weighted by atomic mass is 31.2. The molecule has 3 N–H and O–H groups in total. The zero-order valence-electron chi connectivity index (χ0n) is 55.8. The molecule has 0 heterocycles. The van der Waals surface area contributed by atoms with Crippen LogP contribution in [0, 0.1) is 0 Å². The summed E-state index contributed by atoms with van der Waals surface area (Å²) in [6.45, 7) is 3.69. The minimum atomic E-state index is -4.39. The lowest BCUT2D eigenvalue weighted by Crippen LogP contribution is -2.29. The molecule has 0 aliphatic rings. The maximum atomic E-state index is 12.8. The molecule has 0 aromatic heterocycles. The largest absolute Gasteiger partial charge is 0.472 e. The van der Waals surface area contributed by atoms with Crippen molar-refractivity contribution in [2.45, 2.75) is 367 Å². The second-order valence-electron chi connectivity index (χ2n) is 24.4. The molecule has 0 spiro atoms. The summed E-state index contributed by atoms with van der Waals surface area (Å²) in [6, 6.07) is 0. The molecule has 0 aliphatic carbocycles. The SMILES string of the molecule is CC/C=C\C/C=C\C/C=C\C/C=C\C/C=C\CCCCCCCCCCCCCCCCCCCC(=O)OC(COC(=O)CCCCCCCCCCCCCCCCCCCCC/C=C\CCCCCCCCCC)COP(=O)(O)OCCN. The lowest BCUT2D eigenvalue weighted by Gasteiger charge is -2.19. The number of ether oxygens (including phenoxy) is 2. The number of phosphoric ester groups is 1. The molecule has 0 saturated carbocycles. The average molecular weight is 1210 g/mol. The summed E-state index contributed by atoms with van der Waals surface area (Å²) < 4.78 is 33.2. The Morgan fingerprint density at radius 2 is 0.647 bits per heavy atom. The van der Waals surface area contributed by atoms with E-state index in [1.165, 1.54) is 257 Å². The fourth-order valence-corrected chi connectivity index (χ4v) is 11.5. The van der Waals surface area contributed by atoms with Gasteiger partial charge in [-0.15, -0.1) is 0 Å². The van der Waals surface area contributed by atoms with Crippen LogP contribution in [0.3, 0.4) is 0 Å². The lowest BCUT2D eigenvalue weighted by atomic mass is 10.0. The number of nitrogens with two attached hydrogens (primary N) is 1. The molecule has 85 heavy (non-hydrogen) atoms. The van der Waals surface area contributed by atoms with Crippen molar-refractivity contribution in [3.8, 4) is 0 Å². The van der Waals surface area contributed by atoms with Crippen LogP contribution >= 0.6 is 7.82 Å². The zero-order chi connectivity index (χ0) is 61.6. The molecule has 2 atom stereocenters. The molecule has 0 rings (SSSR count). The van der Waals surface area contributed by atoms with Gasteiger partial charge in [-0.2, -0.15) is 0 Å². The number of allylic oxidation sites excluding steroid dienone is 12. The maximum Gasteiger partial charge on any atom is 0.472 e. The number of carbonyl (C=O) groups is 2. The predicted octanol–water partition coefficient (Wildman–Crippen LogP) is 24.0. The molecule has 0 aliphatic heterocycles. The molecule has 0 radical (unpaired) electrons. The quantitative estimate of drug-likeness (QED) is 0.0264. The van der Waals surface area contributed by atoms with Crippen molar-refractivity contribution in [3.05, 3.63) is 72.9 Å². The summed E-state index contributed by atoms with van der Waals surface area (Å²) in [5.41, 5.74) is 5.41. The molecule has 0 bridgehead atoms. The van der Waals surface area contributed by atoms with Gasteiger partial charge in [0.15, 0.2) is 6.10 Å². The van der Waals surface area contributed by atoms with Gasteiger partial charge in [-0.25, -0.2) is 4.57 Å². The third kappa shape index (κ3) is 70.4. The zero-order valence-corrected chi connectivity index (χ0v) is 56.7. The van der Waals surface area contributed by atoms with Gasteiger partial charge in [-0.05, 0) is 83.5 Å². The maximum absolute atomic E-state index is 12.8. The van der Waals surface area contributed by atoms with Crippen LogP contribution in [0.25, 0.3) is 0 Å². The summed E-state index contributed by atoms with van der Waals surface area (Å²) in [7, 11) is -4.39. The predicted molar refractivity (Wildman–Crippen MR) is 367 cm³/mol. The Labute approximate surface area is 526 Å². The highest BCUT2D eigenvalue weighted by Gasteiger charge is 2.26. The van der Waals surface area contributed by atoms with Crippen molar-refractivity contribution in [1.29, 1.82) is 0 Å². The highest BCUT2D eigenvalue weighted by molar-refractivity contribution is 7.47. The Kier molecular flexibility index (Phi) is 68.4. The standard InChI is InChI=1S/C75H138NO8P/c1-3-5-7-9-11-13-15-17-19-21-23-25-27-29-31-33-35-36-38-40-42-44-46-48-50-52-54-56-58-60-62-64-66-68-75(78)84-73(72-83-85(79,80)82-70-69-76)71-81-74(77)67-65-63-61-59-57-55-53-51-49-47-45-43-41-39-37-34-32-30-28-26-24-22-20-18-16-14-12-10-8-6-4-2/h5,7,11,13,17,19,22-25,29,31,73H,3-4,6,8-10,12,14-16,18,20-21,26-28,30,32-72,76H2,1-2H3,(H,79,80)/b7-5-,13-11-,19-17-,24-22-,25-23-,31-29-. The first-order valence-electron chi connectivity index (χ1n) is 36.4. The van der Waals surface area contributed by atoms with Crippen molar-refractivity contribution in [2.75, 3.05) is 26.4 Å². The summed E-state index contributed by atoms with van der Waals surface area (Å²) in [4.78, 5) is 35.4. The van der Waals surface area contributed by atoms with Crippen LogP contribution in [-0.2, 0) is 32.7 Å². The summed E-state index contributed by atoms with van der Waals surface area (Å²) in [5, 5.41) is 0. The topological polar surface area (TPSA) is 134 Å². The Morgan fingerprint density at radius 3 is 0.976 bits per heavy atom. The highest BCUT2D eigenvalue weighted by Crippen LogP contribution is 2.43. The van der Waals surface area contributed by atoms with Crippen LogP contribution in [0.1, 0.15) is 361 Å². The number of phosphoric acid groups is 1. The smallest absolute Gasteiger partial charge is 0.462 e. The number of hydrogen-bond acceptors (Lipinski definition) is 8. The summed E-state index contributed by atoms with van der Waals surface area (Å²) >= 11 is 0. The van der Waals surface area contributed by atoms with Gasteiger partial charge in [0.1, 0.15) is 6.61 Å². The fourth-order valence-electron chi connectivity index (χ4n) is 10.7. The molecule has 0 fully saturated rings. The second kappa shape index (κ2) is 70.5. The van der Waals surface area contributed by atoms with E-state index in [2.05, 4.69) is 86.8 Å². The molecule has 496 valence electrons. The van der Waals surface area contributed by atoms with Crippen LogP contribution in [0.5, 0.6) is 0 Å². The number of unbranched alkanes of at least 4 members (excludes halogenated alkanes) is 44. The first-order chi connectivity index (χ1) is 41.8. The van der Waals surface area contributed by atoms with E-state index in [0.29, 0.717) is 6.42 Å². The van der Waals surface area contributed by atoms with E-state index in [0.717, 1.165) is 70.6 Å². The minimum Gasteiger partial charge on any atom is -0.462 e. The van der Waals surface area contributed by atoms with E-state index in [4.69, 9.17) is 24.3 Å². The van der Waals surface area contributed by atoms with E-state index < -0.39 is 26.5 Å². The molecule has 10 heteroatoms. The lowest BCUT2D eigenvalue weighted by molar-refractivity contribution is -0.161. The van der Waals surface area contributed by atoms with Gasteiger partial charge in [0, 0.05) is 19.4 Å². The molecule has 0 aromatic carbocycles. The third-order valence-electron chi connectivity index (χ3n) is 16.1. The van der Waals surface area contributed by atoms with Crippen molar-refractivity contribution in [1.82, 2.24) is 0 Å². The van der Waals surface area contributed by atoms with Gasteiger partial charge in [0.2, 0.25) is 0 Å². The summed E-state index contributed by atoms with van der Waals surface area (Å²) in [6.07, 6.45) is 93.0. The molecular formula is C75H138NO8P. The Hall–Kier alpha value is -2.55. The van der Waals surface area contributed by atoms with E-state index in [-0.39, 0.29) is 38.6 Å². The van der Waals surface area contributed by atoms with Crippen molar-refractivity contribution >= 4 is 19.8 Å². The van der Waals surface area contributed by atoms with Crippen molar-refractivity contribution in [2.24, 2.45) is 5.73 Å². The Morgan fingerprint density at radius 1 is 0.365 bits per heavy atom. The molecule has 9 nitrogen and oxygen atoms in total. The van der Waals surface area contributed by atoms with E-state index in [1.807, 2.05) is 0 Å². The summed E-state index contributed by atoms with van der Waals surface area (Å²) in [5.74, 6) is -0.810. The first kappa shape index (κ1) is 82.5. The van der Waals surface area contributed by atoms with E-state index in [9.17, 15) is 19.0 Å². The van der Waals surface area contributed by atoms with Gasteiger partial charge >= 0.3 is 19.8 Å². The van der Waals surface area contributed by atoms with Gasteiger partial charge in [-0.3, -0.25) is 18.6 Å². The van der Waals surface area contributed by atoms with Crippen LogP contribution in [0.2, 0.25) is 0 Å². The van der Waals surface area contributed by atoms with Gasteiger partial charge in [0.05, 0.1) is 13.2 Å². The fraction of sp³-hybridized carbons (Fsp3) is 0.813. The molecular weight excluding hydrogens is 1070 g/mol. The number of carbonyl (C=O) groups excluding carboxylic acids is 2. The van der Waals surface area contributed by atoms with Gasteiger partial charge < -0.3 is 20.1 Å². The average Bonchev–Trinajstić information content (AvgIpc) is 3.52. The Bertz CT molecular complexity index is 1620. The minimum absolute atomic E-state index is 0.0538.